The number of anilines is 3. The Bertz CT molecular complexity index is 915. The Morgan fingerprint density at radius 1 is 1.08 bits per heavy atom. The van der Waals surface area contributed by atoms with Crippen LogP contribution in [0.5, 0.6) is 0 Å². The van der Waals surface area contributed by atoms with E-state index < -0.39 is 0 Å². The van der Waals surface area contributed by atoms with Crippen molar-refractivity contribution in [3.63, 3.8) is 0 Å². The predicted molar refractivity (Wildman–Crippen MR) is 105 cm³/mol. The third-order valence-corrected chi connectivity index (χ3v) is 4.15. The first-order valence-electron chi connectivity index (χ1n) is 8.32. The van der Waals surface area contributed by atoms with Crippen LogP contribution < -0.4 is 10.2 Å². The molecule has 0 saturated carbocycles. The van der Waals surface area contributed by atoms with Crippen LogP contribution in [0.25, 0.3) is 0 Å². The van der Waals surface area contributed by atoms with E-state index in [0.717, 1.165) is 5.69 Å². The third-order valence-electron chi connectivity index (χ3n) is 3.82. The van der Waals surface area contributed by atoms with Gasteiger partial charge in [0, 0.05) is 17.9 Å². The van der Waals surface area contributed by atoms with E-state index in [2.05, 4.69) is 15.3 Å². The van der Waals surface area contributed by atoms with Crippen LogP contribution in [0.3, 0.4) is 0 Å². The molecule has 2 aromatic carbocycles. The fourth-order valence-electron chi connectivity index (χ4n) is 2.61. The zero-order valence-electron chi connectivity index (χ0n) is 14.6. The number of nitrogens with zero attached hydrogens (tertiary/aromatic N) is 3. The molecule has 0 atom stereocenters. The van der Waals surface area contributed by atoms with E-state index in [4.69, 9.17) is 11.6 Å². The van der Waals surface area contributed by atoms with Gasteiger partial charge in [-0.1, -0.05) is 41.9 Å². The Balaban J connectivity index is 1.91. The minimum atomic E-state index is -0.175. The van der Waals surface area contributed by atoms with Crippen molar-refractivity contribution in [3.05, 3.63) is 77.1 Å². The molecule has 26 heavy (non-hydrogen) atoms. The standard InChI is InChI=1S/C20H19ClN4O/c1-3-25(15-9-5-4-6-10-15)19(26)18-13-14(2)22-20(24-18)23-17-12-8-7-11-16(17)21/h4-13H,3H2,1-2H3,(H,22,23,24). The summed E-state index contributed by atoms with van der Waals surface area (Å²) in [5, 5.41) is 3.64. The van der Waals surface area contributed by atoms with E-state index in [1.54, 1.807) is 17.0 Å². The molecule has 0 aliphatic heterocycles. The van der Waals surface area contributed by atoms with Crippen LogP contribution in [0, 0.1) is 6.92 Å². The molecule has 0 unspecified atom stereocenters. The first kappa shape index (κ1) is 17.9. The molecule has 5 nitrogen and oxygen atoms in total. The minimum Gasteiger partial charge on any atom is -0.323 e. The molecule has 0 radical (unpaired) electrons. The van der Waals surface area contributed by atoms with Gasteiger partial charge in [0.1, 0.15) is 5.69 Å². The number of aromatic nitrogens is 2. The second kappa shape index (κ2) is 7.97. The second-order valence-corrected chi connectivity index (χ2v) is 6.12. The van der Waals surface area contributed by atoms with Crippen LogP contribution in [-0.2, 0) is 0 Å². The highest BCUT2D eigenvalue weighted by Crippen LogP contribution is 2.24. The second-order valence-electron chi connectivity index (χ2n) is 5.71. The molecule has 6 heteroatoms. The Morgan fingerprint density at radius 3 is 2.46 bits per heavy atom. The van der Waals surface area contributed by atoms with Crippen molar-refractivity contribution in [2.24, 2.45) is 0 Å². The molecule has 1 N–H and O–H groups in total. The van der Waals surface area contributed by atoms with Crippen LogP contribution in [0.4, 0.5) is 17.3 Å². The summed E-state index contributed by atoms with van der Waals surface area (Å²) in [7, 11) is 0. The van der Waals surface area contributed by atoms with Crippen molar-refractivity contribution in [3.8, 4) is 0 Å². The highest BCUT2D eigenvalue weighted by atomic mass is 35.5. The van der Waals surface area contributed by atoms with Crippen molar-refractivity contribution in [2.45, 2.75) is 13.8 Å². The summed E-state index contributed by atoms with van der Waals surface area (Å²) in [5.74, 6) is 0.164. The lowest BCUT2D eigenvalue weighted by atomic mass is 10.2. The lowest BCUT2D eigenvalue weighted by Crippen LogP contribution is -2.31. The molecule has 132 valence electrons. The summed E-state index contributed by atoms with van der Waals surface area (Å²) < 4.78 is 0. The zero-order valence-corrected chi connectivity index (χ0v) is 15.4. The molecule has 0 aliphatic rings. The summed E-state index contributed by atoms with van der Waals surface area (Å²) in [5.41, 5.74) is 2.55. The Hall–Kier alpha value is -2.92. The fourth-order valence-corrected chi connectivity index (χ4v) is 2.79. The first-order valence-corrected chi connectivity index (χ1v) is 8.70. The van der Waals surface area contributed by atoms with Gasteiger partial charge in [0.2, 0.25) is 5.95 Å². The van der Waals surface area contributed by atoms with Crippen LogP contribution in [-0.4, -0.2) is 22.4 Å². The molecule has 0 saturated heterocycles. The Kier molecular flexibility index (Phi) is 5.49. The maximum Gasteiger partial charge on any atom is 0.277 e. The monoisotopic (exact) mass is 366 g/mol. The molecule has 0 fully saturated rings. The van der Waals surface area contributed by atoms with Gasteiger partial charge in [0.25, 0.3) is 5.91 Å². The number of para-hydroxylation sites is 2. The van der Waals surface area contributed by atoms with Gasteiger partial charge >= 0.3 is 0 Å². The Morgan fingerprint density at radius 2 is 1.77 bits per heavy atom. The maximum absolute atomic E-state index is 13.0. The van der Waals surface area contributed by atoms with Gasteiger partial charge in [-0.25, -0.2) is 9.97 Å². The van der Waals surface area contributed by atoms with Crippen molar-refractivity contribution >= 4 is 34.8 Å². The van der Waals surface area contributed by atoms with E-state index >= 15 is 0 Å². The molecule has 0 spiro atoms. The van der Waals surface area contributed by atoms with E-state index in [-0.39, 0.29) is 5.91 Å². The average Bonchev–Trinajstić information content (AvgIpc) is 2.64. The molecular weight excluding hydrogens is 348 g/mol. The summed E-state index contributed by atoms with van der Waals surface area (Å²) in [6, 6.07) is 18.5. The van der Waals surface area contributed by atoms with Crippen molar-refractivity contribution in [1.29, 1.82) is 0 Å². The molecule has 1 amide bonds. The molecular formula is C20H19ClN4O. The molecule has 3 aromatic rings. The number of aryl methyl sites for hydroxylation is 1. The summed E-state index contributed by atoms with van der Waals surface area (Å²) in [4.78, 5) is 23.4. The topological polar surface area (TPSA) is 58.1 Å². The lowest BCUT2D eigenvalue weighted by molar-refractivity contribution is 0.0983. The number of nitrogens with one attached hydrogen (secondary N) is 1. The number of hydrogen-bond acceptors (Lipinski definition) is 4. The highest BCUT2D eigenvalue weighted by Gasteiger charge is 2.19. The van der Waals surface area contributed by atoms with Crippen LogP contribution in [0.2, 0.25) is 5.02 Å². The van der Waals surface area contributed by atoms with E-state index in [0.29, 0.717) is 34.6 Å². The van der Waals surface area contributed by atoms with Crippen LogP contribution in [0.15, 0.2) is 60.7 Å². The minimum absolute atomic E-state index is 0.175. The molecule has 1 aromatic heterocycles. The molecule has 0 bridgehead atoms. The smallest absolute Gasteiger partial charge is 0.277 e. The van der Waals surface area contributed by atoms with Gasteiger partial charge in [0.15, 0.2) is 0 Å². The number of benzene rings is 2. The van der Waals surface area contributed by atoms with Crippen molar-refractivity contribution in [2.75, 3.05) is 16.8 Å². The number of hydrogen-bond donors (Lipinski definition) is 1. The largest absolute Gasteiger partial charge is 0.323 e. The van der Waals surface area contributed by atoms with Crippen LogP contribution in [0.1, 0.15) is 23.1 Å². The van der Waals surface area contributed by atoms with Crippen molar-refractivity contribution < 1.29 is 4.79 Å². The lowest BCUT2D eigenvalue weighted by Gasteiger charge is -2.21. The average molecular weight is 367 g/mol. The van der Waals surface area contributed by atoms with E-state index in [1.165, 1.54) is 0 Å². The van der Waals surface area contributed by atoms with E-state index in [9.17, 15) is 4.79 Å². The number of halogens is 1. The van der Waals surface area contributed by atoms with Gasteiger partial charge in [-0.15, -0.1) is 0 Å². The van der Waals surface area contributed by atoms with Gasteiger partial charge in [0.05, 0.1) is 10.7 Å². The SMILES string of the molecule is CCN(C(=O)c1cc(C)nc(Nc2ccccc2Cl)n1)c1ccccc1. The first-order chi connectivity index (χ1) is 12.6. The van der Waals surface area contributed by atoms with Gasteiger partial charge in [-0.3, -0.25) is 4.79 Å². The summed E-state index contributed by atoms with van der Waals surface area (Å²) in [6.07, 6.45) is 0. The van der Waals surface area contributed by atoms with Crippen LogP contribution >= 0.6 is 11.6 Å². The fraction of sp³-hybridized carbons (Fsp3) is 0.150. The highest BCUT2D eigenvalue weighted by molar-refractivity contribution is 6.33. The normalized spacial score (nSPS) is 10.4. The zero-order chi connectivity index (χ0) is 18.5. The Labute approximate surface area is 157 Å². The quantitative estimate of drug-likeness (QED) is 0.701. The molecule has 3 rings (SSSR count). The van der Waals surface area contributed by atoms with Crippen molar-refractivity contribution in [1.82, 2.24) is 9.97 Å². The third kappa shape index (κ3) is 4.00. The summed E-state index contributed by atoms with van der Waals surface area (Å²) >= 11 is 6.18. The number of rotatable bonds is 5. The molecule has 1 heterocycles. The maximum atomic E-state index is 13.0. The van der Waals surface area contributed by atoms with Gasteiger partial charge in [-0.2, -0.15) is 0 Å². The number of carbonyl (C=O) groups is 1. The van der Waals surface area contributed by atoms with Gasteiger partial charge < -0.3 is 10.2 Å². The van der Waals surface area contributed by atoms with Gasteiger partial charge in [-0.05, 0) is 44.2 Å². The number of amides is 1. The molecule has 0 aliphatic carbocycles. The number of carbonyl (C=O) groups excluding carboxylic acids is 1. The predicted octanol–water partition coefficient (Wildman–Crippen LogP) is 4.85. The summed E-state index contributed by atoms with van der Waals surface area (Å²) in [6.45, 7) is 4.30. The van der Waals surface area contributed by atoms with E-state index in [1.807, 2.05) is 62.4 Å².